The number of carbonyl (C=O) groups excluding carboxylic acids is 1. The van der Waals surface area contributed by atoms with Crippen molar-refractivity contribution in [2.24, 2.45) is 0 Å². The first-order chi connectivity index (χ1) is 12.7. The molecular formula is C23H45NO2Si. The number of rotatable bonds is 13. The Kier molecular flexibility index (Phi) is 10.9. The Labute approximate surface area is 169 Å². The summed E-state index contributed by atoms with van der Waals surface area (Å²) in [4.78, 5) is 11.7. The predicted octanol–water partition coefficient (Wildman–Crippen LogP) is 6.74. The van der Waals surface area contributed by atoms with E-state index in [9.17, 15) is 4.79 Å². The minimum Gasteiger partial charge on any atom is -0.408 e. The number of hydrogen-bond donors (Lipinski definition) is 1. The fourth-order valence-corrected chi connectivity index (χ4v) is 4.56. The van der Waals surface area contributed by atoms with Crippen molar-refractivity contribution in [3.8, 4) is 0 Å². The van der Waals surface area contributed by atoms with Gasteiger partial charge in [0, 0.05) is 6.42 Å². The van der Waals surface area contributed by atoms with Crippen molar-refractivity contribution in [2.45, 2.75) is 129 Å². The van der Waals surface area contributed by atoms with Crippen LogP contribution in [0.4, 0.5) is 0 Å². The van der Waals surface area contributed by atoms with E-state index in [2.05, 4.69) is 58.3 Å². The molecule has 0 spiro atoms. The molecule has 0 unspecified atom stereocenters. The van der Waals surface area contributed by atoms with Crippen LogP contribution in [0.25, 0.3) is 0 Å². The van der Waals surface area contributed by atoms with Crippen LogP contribution in [-0.4, -0.2) is 26.4 Å². The highest BCUT2D eigenvalue weighted by Gasteiger charge is 2.41. The molecule has 1 aliphatic heterocycles. The lowest BCUT2D eigenvalue weighted by molar-refractivity contribution is -0.119. The van der Waals surface area contributed by atoms with Gasteiger partial charge < -0.3 is 9.74 Å². The third-order valence-electron chi connectivity index (χ3n) is 6.21. The first kappa shape index (κ1) is 24.4. The molecule has 0 aliphatic carbocycles. The SMILES string of the molecule is CCCCCCCCCC/C=C/[C@H](O[Si](C)(C)C(C)(C)C)[C@@H]1CCC(=O)N1. The van der Waals surface area contributed by atoms with Crippen LogP contribution in [-0.2, 0) is 9.22 Å². The highest BCUT2D eigenvalue weighted by Crippen LogP contribution is 2.38. The molecule has 0 bridgehead atoms. The maximum atomic E-state index is 11.7. The summed E-state index contributed by atoms with van der Waals surface area (Å²) in [6, 6.07) is 0.140. The van der Waals surface area contributed by atoms with Gasteiger partial charge in [-0.05, 0) is 37.4 Å². The number of amides is 1. The fraction of sp³-hybridized carbons (Fsp3) is 0.870. The summed E-state index contributed by atoms with van der Waals surface area (Å²) in [5.41, 5.74) is 0. The van der Waals surface area contributed by atoms with Crippen molar-refractivity contribution in [1.82, 2.24) is 5.32 Å². The third-order valence-corrected chi connectivity index (χ3v) is 10.7. The summed E-state index contributed by atoms with van der Waals surface area (Å²) in [5, 5.41) is 3.30. The molecular weight excluding hydrogens is 350 g/mol. The zero-order chi connectivity index (χ0) is 20.3. The molecule has 158 valence electrons. The first-order valence-electron chi connectivity index (χ1n) is 11.3. The number of allylic oxidation sites excluding steroid dienone is 1. The Bertz CT molecular complexity index is 454. The van der Waals surface area contributed by atoms with Crippen LogP contribution in [0.3, 0.4) is 0 Å². The summed E-state index contributed by atoms with van der Waals surface area (Å²) in [5.74, 6) is 0.167. The van der Waals surface area contributed by atoms with Gasteiger partial charge in [0.05, 0.1) is 12.1 Å². The highest BCUT2D eigenvalue weighted by atomic mass is 28.4. The normalized spacial score (nSPS) is 19.6. The van der Waals surface area contributed by atoms with Crippen molar-refractivity contribution < 1.29 is 9.22 Å². The number of nitrogens with one attached hydrogen (secondary N) is 1. The van der Waals surface area contributed by atoms with Crippen molar-refractivity contribution in [2.75, 3.05) is 0 Å². The highest BCUT2D eigenvalue weighted by molar-refractivity contribution is 6.74. The molecule has 1 amide bonds. The Hall–Kier alpha value is -0.613. The third kappa shape index (κ3) is 9.42. The van der Waals surface area contributed by atoms with Crippen LogP contribution in [0.15, 0.2) is 12.2 Å². The van der Waals surface area contributed by atoms with Crippen molar-refractivity contribution in [1.29, 1.82) is 0 Å². The lowest BCUT2D eigenvalue weighted by atomic mass is 10.1. The van der Waals surface area contributed by atoms with Crippen molar-refractivity contribution in [3.05, 3.63) is 12.2 Å². The molecule has 0 aromatic rings. The summed E-state index contributed by atoms with van der Waals surface area (Å²) in [6.07, 6.45) is 18.0. The quantitative estimate of drug-likeness (QED) is 0.213. The molecule has 2 atom stereocenters. The van der Waals surface area contributed by atoms with E-state index in [1.807, 2.05) is 0 Å². The van der Waals surface area contributed by atoms with Crippen LogP contribution in [0.5, 0.6) is 0 Å². The van der Waals surface area contributed by atoms with Gasteiger partial charge >= 0.3 is 0 Å². The molecule has 1 N–H and O–H groups in total. The van der Waals surface area contributed by atoms with E-state index >= 15 is 0 Å². The molecule has 27 heavy (non-hydrogen) atoms. The van der Waals surface area contributed by atoms with E-state index in [1.54, 1.807) is 0 Å². The Balaban J connectivity index is 2.43. The average Bonchev–Trinajstić information content (AvgIpc) is 3.00. The lowest BCUT2D eigenvalue weighted by Gasteiger charge is -2.40. The predicted molar refractivity (Wildman–Crippen MR) is 120 cm³/mol. The lowest BCUT2D eigenvalue weighted by Crippen LogP contribution is -2.48. The maximum Gasteiger partial charge on any atom is 0.220 e. The van der Waals surface area contributed by atoms with E-state index in [0.29, 0.717) is 6.42 Å². The maximum absolute atomic E-state index is 11.7. The molecule has 1 saturated heterocycles. The second-order valence-electron chi connectivity index (χ2n) is 9.75. The smallest absolute Gasteiger partial charge is 0.220 e. The van der Waals surface area contributed by atoms with Gasteiger partial charge in [0.2, 0.25) is 5.91 Å². The molecule has 0 aromatic heterocycles. The molecule has 0 saturated carbocycles. The monoisotopic (exact) mass is 395 g/mol. The van der Waals surface area contributed by atoms with E-state index in [0.717, 1.165) is 12.8 Å². The van der Waals surface area contributed by atoms with Gasteiger partial charge in [0.15, 0.2) is 8.32 Å². The van der Waals surface area contributed by atoms with E-state index in [4.69, 9.17) is 4.43 Å². The Morgan fingerprint density at radius 2 is 1.70 bits per heavy atom. The standard InChI is InChI=1S/C23H45NO2Si/c1-7-8-9-10-11-12-13-14-15-16-17-21(20-18-19-22(25)24-20)26-27(5,6)23(2,3)4/h16-17,20-21H,7-15,18-19H2,1-6H3,(H,24,25)/b17-16+/t20-,21-/m0/s1. The van der Waals surface area contributed by atoms with Gasteiger partial charge in [-0.1, -0.05) is 84.8 Å². The zero-order valence-electron chi connectivity index (χ0n) is 18.9. The summed E-state index contributed by atoms with van der Waals surface area (Å²) < 4.78 is 6.65. The van der Waals surface area contributed by atoms with Crippen LogP contribution in [0, 0.1) is 0 Å². The minimum atomic E-state index is -1.86. The second-order valence-corrected chi connectivity index (χ2v) is 14.5. The zero-order valence-corrected chi connectivity index (χ0v) is 19.9. The van der Waals surface area contributed by atoms with Gasteiger partial charge in [-0.3, -0.25) is 4.79 Å². The first-order valence-corrected chi connectivity index (χ1v) is 14.2. The molecule has 3 nitrogen and oxygen atoms in total. The fourth-order valence-electron chi connectivity index (χ4n) is 3.28. The molecule has 0 radical (unpaired) electrons. The van der Waals surface area contributed by atoms with Gasteiger partial charge in [0.25, 0.3) is 0 Å². The largest absolute Gasteiger partial charge is 0.408 e. The topological polar surface area (TPSA) is 38.3 Å². The number of carbonyl (C=O) groups is 1. The van der Waals surface area contributed by atoms with E-state index < -0.39 is 8.32 Å². The Morgan fingerprint density at radius 1 is 1.11 bits per heavy atom. The summed E-state index contributed by atoms with van der Waals surface area (Å²) in [7, 11) is -1.86. The van der Waals surface area contributed by atoms with E-state index in [-0.39, 0.29) is 23.1 Å². The van der Waals surface area contributed by atoms with Crippen LogP contribution in [0.1, 0.15) is 98.3 Å². The molecule has 1 fully saturated rings. The number of hydrogen-bond acceptors (Lipinski definition) is 2. The van der Waals surface area contributed by atoms with Crippen LogP contribution < -0.4 is 5.32 Å². The number of unbranched alkanes of at least 4 members (excludes halogenated alkanes) is 8. The van der Waals surface area contributed by atoms with Gasteiger partial charge in [-0.15, -0.1) is 0 Å². The van der Waals surface area contributed by atoms with E-state index in [1.165, 1.54) is 51.4 Å². The van der Waals surface area contributed by atoms with Crippen LogP contribution in [0.2, 0.25) is 18.1 Å². The van der Waals surface area contributed by atoms with Crippen molar-refractivity contribution in [3.63, 3.8) is 0 Å². The molecule has 1 rings (SSSR count). The van der Waals surface area contributed by atoms with Crippen LogP contribution >= 0.6 is 0 Å². The second kappa shape index (κ2) is 12.1. The van der Waals surface area contributed by atoms with Gasteiger partial charge in [0.1, 0.15) is 0 Å². The minimum absolute atomic E-state index is 0.0198. The van der Waals surface area contributed by atoms with Crippen molar-refractivity contribution >= 4 is 14.2 Å². The molecule has 4 heteroatoms. The molecule has 1 heterocycles. The Morgan fingerprint density at radius 3 is 2.22 bits per heavy atom. The van der Waals surface area contributed by atoms with Gasteiger partial charge in [-0.25, -0.2) is 0 Å². The molecule has 0 aromatic carbocycles. The van der Waals surface area contributed by atoms with Gasteiger partial charge in [-0.2, -0.15) is 0 Å². The molecule has 1 aliphatic rings. The average molecular weight is 396 g/mol. The summed E-state index contributed by atoms with van der Waals surface area (Å²) in [6.45, 7) is 13.7. The summed E-state index contributed by atoms with van der Waals surface area (Å²) >= 11 is 0.